The van der Waals surface area contributed by atoms with Gasteiger partial charge in [0.2, 0.25) is 0 Å². The topological polar surface area (TPSA) is 21.3 Å². The molecule has 0 amide bonds. The van der Waals surface area contributed by atoms with Gasteiger partial charge in [-0.2, -0.15) is 0 Å². The fourth-order valence-electron chi connectivity index (χ4n) is 1.85. The molecule has 0 saturated carbocycles. The highest BCUT2D eigenvalue weighted by Gasteiger charge is 2.01. The zero-order valence-corrected chi connectivity index (χ0v) is 12.7. The summed E-state index contributed by atoms with van der Waals surface area (Å²) in [6, 6.07) is 14.5. The highest BCUT2D eigenvalue weighted by atomic mass is 127. The number of nitrogens with one attached hydrogen (secondary N) is 1. The molecule has 94 valence electrons. The maximum atomic E-state index is 5.26. The first-order valence-electron chi connectivity index (χ1n) is 5.82. The van der Waals surface area contributed by atoms with E-state index in [4.69, 9.17) is 4.74 Å². The summed E-state index contributed by atoms with van der Waals surface area (Å²) >= 11 is 2.34. The van der Waals surface area contributed by atoms with Gasteiger partial charge in [-0.05, 0) is 58.8 Å². The molecule has 0 aliphatic carbocycles. The Bertz CT molecular complexity index is 540. The van der Waals surface area contributed by atoms with E-state index in [0.29, 0.717) is 0 Å². The number of para-hydroxylation sites is 1. The van der Waals surface area contributed by atoms with Gasteiger partial charge in [0.25, 0.3) is 0 Å². The Morgan fingerprint density at radius 2 is 1.94 bits per heavy atom. The molecule has 0 heterocycles. The number of anilines is 1. The number of ether oxygens (including phenoxy) is 1. The van der Waals surface area contributed by atoms with Crippen LogP contribution in [0.5, 0.6) is 5.75 Å². The van der Waals surface area contributed by atoms with Gasteiger partial charge in [0.05, 0.1) is 7.11 Å². The lowest BCUT2D eigenvalue weighted by molar-refractivity contribution is 0.411. The van der Waals surface area contributed by atoms with Crippen LogP contribution in [0.2, 0.25) is 0 Å². The zero-order chi connectivity index (χ0) is 13.0. The van der Waals surface area contributed by atoms with Crippen molar-refractivity contribution < 1.29 is 4.74 Å². The highest BCUT2D eigenvalue weighted by Crippen LogP contribution is 2.21. The molecule has 2 nitrogen and oxygen atoms in total. The van der Waals surface area contributed by atoms with E-state index in [1.54, 1.807) is 7.11 Å². The largest absolute Gasteiger partial charge is 0.496 e. The standard InChI is InChI=1S/C15H16INO/c1-11-9-12(7-8-15(11)18-2)10-17-14-6-4-3-5-13(14)16/h3-9,17H,10H2,1-2H3. The molecule has 3 heteroatoms. The summed E-state index contributed by atoms with van der Waals surface area (Å²) < 4.78 is 6.50. The summed E-state index contributed by atoms with van der Waals surface area (Å²) in [4.78, 5) is 0. The number of rotatable bonds is 4. The lowest BCUT2D eigenvalue weighted by Gasteiger charge is -2.10. The third kappa shape index (κ3) is 3.16. The summed E-state index contributed by atoms with van der Waals surface area (Å²) in [5, 5.41) is 3.45. The quantitative estimate of drug-likeness (QED) is 0.831. The van der Waals surface area contributed by atoms with E-state index in [0.717, 1.165) is 12.3 Å². The zero-order valence-electron chi connectivity index (χ0n) is 10.5. The Morgan fingerprint density at radius 1 is 1.17 bits per heavy atom. The summed E-state index contributed by atoms with van der Waals surface area (Å²) in [5.74, 6) is 0.938. The van der Waals surface area contributed by atoms with Crippen LogP contribution in [0.4, 0.5) is 5.69 Å². The molecule has 0 unspecified atom stereocenters. The molecule has 0 spiro atoms. The average molecular weight is 353 g/mol. The van der Waals surface area contributed by atoms with Crippen molar-refractivity contribution in [3.8, 4) is 5.75 Å². The van der Waals surface area contributed by atoms with Gasteiger partial charge in [0, 0.05) is 15.8 Å². The lowest BCUT2D eigenvalue weighted by atomic mass is 10.1. The molecule has 2 aromatic rings. The maximum Gasteiger partial charge on any atom is 0.121 e. The number of hydrogen-bond donors (Lipinski definition) is 1. The van der Waals surface area contributed by atoms with Crippen LogP contribution >= 0.6 is 22.6 Å². The van der Waals surface area contributed by atoms with Crippen LogP contribution in [0.3, 0.4) is 0 Å². The summed E-state index contributed by atoms with van der Waals surface area (Å²) in [6.07, 6.45) is 0. The van der Waals surface area contributed by atoms with Gasteiger partial charge in [0.15, 0.2) is 0 Å². The second kappa shape index (κ2) is 6.09. The van der Waals surface area contributed by atoms with Crippen molar-refractivity contribution in [3.05, 3.63) is 57.2 Å². The minimum Gasteiger partial charge on any atom is -0.496 e. The minimum absolute atomic E-state index is 0.824. The Morgan fingerprint density at radius 3 is 2.61 bits per heavy atom. The molecule has 1 N–H and O–H groups in total. The second-order valence-electron chi connectivity index (χ2n) is 4.14. The second-order valence-corrected chi connectivity index (χ2v) is 5.30. The molecule has 18 heavy (non-hydrogen) atoms. The third-order valence-electron chi connectivity index (χ3n) is 2.82. The molecular formula is C15H16INO. The molecule has 0 bridgehead atoms. The molecule has 0 fully saturated rings. The van der Waals surface area contributed by atoms with E-state index in [1.165, 1.54) is 20.4 Å². The van der Waals surface area contributed by atoms with E-state index in [9.17, 15) is 0 Å². The van der Waals surface area contributed by atoms with Crippen LogP contribution in [0.15, 0.2) is 42.5 Å². The van der Waals surface area contributed by atoms with E-state index in [2.05, 4.69) is 59.1 Å². The number of aryl methyl sites for hydroxylation is 1. The first kappa shape index (κ1) is 13.2. The van der Waals surface area contributed by atoms with Gasteiger partial charge in [0.1, 0.15) is 5.75 Å². The van der Waals surface area contributed by atoms with Crippen LogP contribution in [0.25, 0.3) is 0 Å². The van der Waals surface area contributed by atoms with Crippen molar-refractivity contribution in [2.45, 2.75) is 13.5 Å². The Labute approximate surface area is 122 Å². The van der Waals surface area contributed by atoms with Crippen molar-refractivity contribution >= 4 is 28.3 Å². The first-order valence-corrected chi connectivity index (χ1v) is 6.90. The van der Waals surface area contributed by atoms with Crippen LogP contribution in [0.1, 0.15) is 11.1 Å². The van der Waals surface area contributed by atoms with Crippen molar-refractivity contribution in [3.63, 3.8) is 0 Å². The molecule has 2 rings (SSSR count). The lowest BCUT2D eigenvalue weighted by Crippen LogP contribution is -2.01. The first-order chi connectivity index (χ1) is 8.70. The molecule has 0 radical (unpaired) electrons. The Hall–Kier alpha value is -1.23. The minimum atomic E-state index is 0.824. The van der Waals surface area contributed by atoms with E-state index in [1.807, 2.05) is 18.2 Å². The molecule has 2 aromatic carbocycles. The van der Waals surface area contributed by atoms with E-state index in [-0.39, 0.29) is 0 Å². The van der Waals surface area contributed by atoms with Crippen LogP contribution in [0, 0.1) is 10.5 Å². The number of benzene rings is 2. The average Bonchev–Trinajstić information content (AvgIpc) is 2.38. The van der Waals surface area contributed by atoms with Crippen LogP contribution in [-0.2, 0) is 6.54 Å². The predicted octanol–water partition coefficient (Wildman–Crippen LogP) is 4.22. The normalized spacial score (nSPS) is 10.2. The van der Waals surface area contributed by atoms with Crippen LogP contribution < -0.4 is 10.1 Å². The molecule has 0 aliphatic rings. The van der Waals surface area contributed by atoms with Gasteiger partial charge < -0.3 is 10.1 Å². The fourth-order valence-corrected chi connectivity index (χ4v) is 2.43. The molecule has 0 aromatic heterocycles. The summed E-state index contributed by atoms with van der Waals surface area (Å²) in [7, 11) is 1.70. The van der Waals surface area contributed by atoms with E-state index >= 15 is 0 Å². The molecule has 0 aliphatic heterocycles. The maximum absolute atomic E-state index is 5.26. The summed E-state index contributed by atoms with van der Waals surface area (Å²) in [6.45, 7) is 2.89. The Balaban J connectivity index is 2.07. The molecule has 0 atom stereocenters. The van der Waals surface area contributed by atoms with Gasteiger partial charge >= 0.3 is 0 Å². The highest BCUT2D eigenvalue weighted by molar-refractivity contribution is 14.1. The monoisotopic (exact) mass is 353 g/mol. The van der Waals surface area contributed by atoms with Gasteiger partial charge in [-0.15, -0.1) is 0 Å². The van der Waals surface area contributed by atoms with Crippen molar-refractivity contribution in [1.29, 1.82) is 0 Å². The number of halogens is 1. The van der Waals surface area contributed by atoms with Crippen molar-refractivity contribution in [2.75, 3.05) is 12.4 Å². The SMILES string of the molecule is COc1ccc(CNc2ccccc2I)cc1C. The van der Waals surface area contributed by atoms with Crippen molar-refractivity contribution in [1.82, 2.24) is 0 Å². The van der Waals surface area contributed by atoms with Gasteiger partial charge in [-0.25, -0.2) is 0 Å². The van der Waals surface area contributed by atoms with Gasteiger partial charge in [-0.3, -0.25) is 0 Å². The van der Waals surface area contributed by atoms with Crippen LogP contribution in [-0.4, -0.2) is 7.11 Å². The smallest absolute Gasteiger partial charge is 0.121 e. The fraction of sp³-hybridized carbons (Fsp3) is 0.200. The molecular weight excluding hydrogens is 337 g/mol. The number of hydrogen-bond acceptors (Lipinski definition) is 2. The van der Waals surface area contributed by atoms with Crippen molar-refractivity contribution in [2.24, 2.45) is 0 Å². The predicted molar refractivity (Wildman–Crippen MR) is 84.2 cm³/mol. The van der Waals surface area contributed by atoms with E-state index < -0.39 is 0 Å². The Kier molecular flexibility index (Phi) is 4.47. The summed E-state index contributed by atoms with van der Waals surface area (Å²) in [5.41, 5.74) is 3.60. The molecule has 0 saturated heterocycles. The van der Waals surface area contributed by atoms with Gasteiger partial charge in [-0.1, -0.05) is 24.3 Å². The number of methoxy groups -OCH3 is 1. The third-order valence-corrected chi connectivity index (χ3v) is 3.76.